The van der Waals surface area contributed by atoms with Gasteiger partial charge in [-0.25, -0.2) is 0 Å². The minimum Gasteiger partial charge on any atom is -0.493 e. The maximum Gasteiger partial charge on any atom is 0.171 e. The van der Waals surface area contributed by atoms with Crippen LogP contribution < -0.4 is 25.4 Å². The third kappa shape index (κ3) is 8.24. The molecule has 0 aliphatic heterocycles. The van der Waals surface area contributed by atoms with Gasteiger partial charge in [0, 0.05) is 15.9 Å². The van der Waals surface area contributed by atoms with E-state index < -0.39 is 7.14 Å². The van der Waals surface area contributed by atoms with Crippen LogP contribution in [0, 0.1) is 11.8 Å². The Morgan fingerprint density at radius 2 is 1.05 bits per heavy atom. The molecule has 38 heavy (non-hydrogen) atoms. The predicted octanol–water partition coefficient (Wildman–Crippen LogP) is 8.52. The van der Waals surface area contributed by atoms with Gasteiger partial charge >= 0.3 is 0 Å². The quantitative estimate of drug-likeness (QED) is 0.163. The Labute approximate surface area is 231 Å². The van der Waals surface area contributed by atoms with Gasteiger partial charge < -0.3 is 14.0 Å². The van der Waals surface area contributed by atoms with Crippen LogP contribution in [0.15, 0.2) is 78.9 Å². The van der Waals surface area contributed by atoms with Crippen molar-refractivity contribution >= 4 is 23.1 Å². The van der Waals surface area contributed by atoms with Gasteiger partial charge in [-0.15, -0.1) is 0 Å². The predicted molar refractivity (Wildman–Crippen MR) is 163 cm³/mol. The Hall–Kier alpha value is -2.51. The summed E-state index contributed by atoms with van der Waals surface area (Å²) in [5.41, 5.74) is 0. The molecule has 4 heteroatoms. The molecule has 0 aliphatic rings. The summed E-state index contributed by atoms with van der Waals surface area (Å²) in [5, 5.41) is 2.39. The van der Waals surface area contributed by atoms with E-state index in [1.165, 1.54) is 38.5 Å². The summed E-state index contributed by atoms with van der Waals surface area (Å²) in [6.07, 6.45) is 9.42. The number of unbranched alkanes of at least 4 members (excludes halogenated alkanes) is 2. The monoisotopic (exact) mass is 534 g/mol. The number of benzene rings is 3. The lowest BCUT2D eigenvalue weighted by Crippen LogP contribution is -2.25. The molecule has 0 spiro atoms. The Balaban J connectivity index is 1.90. The maximum absolute atomic E-state index is 15.1. The molecule has 3 rings (SSSR count). The molecule has 0 saturated heterocycles. The minimum absolute atomic E-state index is 0.539. The molecule has 2 atom stereocenters. The van der Waals surface area contributed by atoms with E-state index in [0.717, 1.165) is 40.3 Å². The average Bonchev–Trinajstić information content (AvgIpc) is 2.97. The van der Waals surface area contributed by atoms with Crippen LogP contribution in [0.3, 0.4) is 0 Å². The van der Waals surface area contributed by atoms with Crippen molar-refractivity contribution in [1.29, 1.82) is 0 Å². The van der Waals surface area contributed by atoms with Gasteiger partial charge in [0.1, 0.15) is 11.5 Å². The third-order valence-electron chi connectivity index (χ3n) is 7.54. The molecule has 0 aromatic heterocycles. The first-order valence-corrected chi connectivity index (χ1v) is 16.4. The topological polar surface area (TPSA) is 35.5 Å². The fourth-order valence-electron chi connectivity index (χ4n) is 4.85. The van der Waals surface area contributed by atoms with Crippen molar-refractivity contribution < 1.29 is 14.0 Å². The molecule has 2 unspecified atom stereocenters. The van der Waals surface area contributed by atoms with Gasteiger partial charge in [0.25, 0.3) is 0 Å². The van der Waals surface area contributed by atoms with Gasteiger partial charge in [-0.05, 0) is 48.9 Å². The Kier molecular flexibility index (Phi) is 12.5. The Morgan fingerprint density at radius 1 is 0.605 bits per heavy atom. The van der Waals surface area contributed by atoms with Crippen LogP contribution in [0.2, 0.25) is 0 Å². The lowest BCUT2D eigenvalue weighted by Gasteiger charge is -2.22. The maximum atomic E-state index is 15.1. The van der Waals surface area contributed by atoms with Crippen molar-refractivity contribution in [3.05, 3.63) is 78.9 Å². The van der Waals surface area contributed by atoms with Gasteiger partial charge in [-0.2, -0.15) is 0 Å². The highest BCUT2D eigenvalue weighted by atomic mass is 31.2. The molecule has 0 amide bonds. The van der Waals surface area contributed by atoms with Gasteiger partial charge in [0.2, 0.25) is 0 Å². The summed E-state index contributed by atoms with van der Waals surface area (Å²) in [5.74, 6) is 2.64. The van der Waals surface area contributed by atoms with Crippen LogP contribution in [0.25, 0.3) is 0 Å². The second-order valence-electron chi connectivity index (χ2n) is 10.4. The summed E-state index contributed by atoms with van der Waals surface area (Å²) in [6, 6.07) is 25.6. The summed E-state index contributed by atoms with van der Waals surface area (Å²) in [4.78, 5) is 0. The van der Waals surface area contributed by atoms with E-state index in [4.69, 9.17) is 9.47 Å². The summed E-state index contributed by atoms with van der Waals surface area (Å²) >= 11 is 0. The van der Waals surface area contributed by atoms with E-state index in [2.05, 4.69) is 27.7 Å². The zero-order valence-electron chi connectivity index (χ0n) is 23.9. The first kappa shape index (κ1) is 30.0. The fourth-order valence-corrected chi connectivity index (χ4v) is 7.54. The molecule has 0 aliphatic carbocycles. The van der Waals surface area contributed by atoms with E-state index in [1.54, 1.807) is 0 Å². The van der Waals surface area contributed by atoms with Crippen LogP contribution in [0.4, 0.5) is 0 Å². The molecular formula is C34H47O3P. The lowest BCUT2D eigenvalue weighted by molar-refractivity contribution is 0.233. The number of ether oxygens (including phenoxy) is 2. The van der Waals surface area contributed by atoms with E-state index in [0.29, 0.717) is 25.0 Å². The van der Waals surface area contributed by atoms with Crippen molar-refractivity contribution in [2.24, 2.45) is 11.8 Å². The van der Waals surface area contributed by atoms with Crippen LogP contribution in [-0.2, 0) is 4.57 Å². The molecule has 3 aromatic rings. The second-order valence-corrected chi connectivity index (χ2v) is 13.2. The van der Waals surface area contributed by atoms with Gasteiger partial charge in [0.15, 0.2) is 7.14 Å². The second kappa shape index (κ2) is 15.8. The van der Waals surface area contributed by atoms with Crippen LogP contribution in [-0.4, -0.2) is 13.2 Å². The molecular weight excluding hydrogens is 487 g/mol. The van der Waals surface area contributed by atoms with Crippen molar-refractivity contribution in [3.63, 3.8) is 0 Å². The van der Waals surface area contributed by atoms with Crippen LogP contribution in [0.5, 0.6) is 11.5 Å². The first-order valence-electron chi connectivity index (χ1n) is 14.7. The zero-order valence-corrected chi connectivity index (χ0v) is 24.8. The largest absolute Gasteiger partial charge is 0.493 e. The van der Waals surface area contributed by atoms with Crippen molar-refractivity contribution in [3.8, 4) is 11.5 Å². The molecule has 206 valence electrons. The molecule has 3 nitrogen and oxygen atoms in total. The fraction of sp³-hybridized carbons (Fsp3) is 0.471. The van der Waals surface area contributed by atoms with Crippen molar-refractivity contribution in [2.75, 3.05) is 13.2 Å². The van der Waals surface area contributed by atoms with Crippen molar-refractivity contribution in [2.45, 2.75) is 79.1 Å². The summed E-state index contributed by atoms with van der Waals surface area (Å²) in [7, 11) is -3.13. The van der Waals surface area contributed by atoms with E-state index in [1.807, 2.05) is 78.9 Å². The summed E-state index contributed by atoms with van der Waals surface area (Å²) in [6.45, 7) is 10.3. The summed E-state index contributed by atoms with van der Waals surface area (Å²) < 4.78 is 27.6. The lowest BCUT2D eigenvalue weighted by atomic mass is 10.0. The van der Waals surface area contributed by atoms with E-state index in [9.17, 15) is 0 Å². The molecule has 0 saturated carbocycles. The van der Waals surface area contributed by atoms with E-state index in [-0.39, 0.29) is 0 Å². The molecule has 0 radical (unpaired) electrons. The standard InChI is InChI=1S/C34H47O3P/c1-5-9-16-28(7-3)26-36-30-18-14-22-33(24-30)38(35,32-20-12-11-13-21-32)34-23-15-19-31(25-34)37-27-29(8-4)17-10-6-2/h11-15,18-25,28-29H,5-10,16-17,26-27H2,1-4H3. The van der Waals surface area contributed by atoms with Crippen LogP contribution >= 0.6 is 7.14 Å². The smallest absolute Gasteiger partial charge is 0.171 e. The molecule has 0 heterocycles. The number of hydrogen-bond acceptors (Lipinski definition) is 3. The first-order chi connectivity index (χ1) is 18.5. The highest BCUT2D eigenvalue weighted by Crippen LogP contribution is 2.43. The molecule has 0 fully saturated rings. The number of hydrogen-bond donors (Lipinski definition) is 0. The molecule has 0 N–H and O–H groups in total. The Morgan fingerprint density at radius 3 is 1.47 bits per heavy atom. The number of rotatable bonds is 17. The molecule has 0 bridgehead atoms. The highest BCUT2D eigenvalue weighted by Gasteiger charge is 2.30. The van der Waals surface area contributed by atoms with Crippen LogP contribution in [0.1, 0.15) is 79.1 Å². The van der Waals surface area contributed by atoms with E-state index >= 15 is 4.57 Å². The van der Waals surface area contributed by atoms with Gasteiger partial charge in [0.05, 0.1) is 13.2 Å². The minimum atomic E-state index is -3.13. The SMILES string of the molecule is CCCCC(CC)COc1cccc(P(=O)(c2ccccc2)c2cccc(OCC(CC)CCCC)c2)c1. The average molecular weight is 535 g/mol. The van der Waals surface area contributed by atoms with Gasteiger partial charge in [-0.1, -0.05) is 121 Å². The van der Waals surface area contributed by atoms with Gasteiger partial charge in [-0.3, -0.25) is 0 Å². The zero-order chi connectivity index (χ0) is 27.2. The molecule has 3 aromatic carbocycles. The third-order valence-corrected chi connectivity index (χ3v) is 10.6. The highest BCUT2D eigenvalue weighted by molar-refractivity contribution is 7.85. The Bertz CT molecular complexity index is 1060. The normalized spacial score (nSPS) is 14.4. The van der Waals surface area contributed by atoms with Crippen molar-refractivity contribution in [1.82, 2.24) is 0 Å².